The normalized spacial score (nSPS) is 15.1. The maximum Gasteiger partial charge on any atom is 0.263 e. The van der Waals surface area contributed by atoms with Crippen LogP contribution in [0.3, 0.4) is 0 Å². The van der Waals surface area contributed by atoms with Crippen molar-refractivity contribution in [1.82, 2.24) is 10.6 Å². The summed E-state index contributed by atoms with van der Waals surface area (Å²) in [7, 11) is 0. The maximum absolute atomic E-state index is 12.7. The summed E-state index contributed by atoms with van der Waals surface area (Å²) in [6, 6.07) is 13.9. The van der Waals surface area contributed by atoms with E-state index < -0.39 is 18.4 Å². The van der Waals surface area contributed by atoms with Crippen LogP contribution in [-0.4, -0.2) is 36.2 Å². The smallest absolute Gasteiger partial charge is 0.263 e. The maximum atomic E-state index is 12.7. The first-order valence-corrected chi connectivity index (χ1v) is 8.67. The first-order valence-electron chi connectivity index (χ1n) is 8.67. The summed E-state index contributed by atoms with van der Waals surface area (Å²) in [4.78, 5) is 12.0. The summed E-state index contributed by atoms with van der Waals surface area (Å²) in [5.41, 5.74) is 2.62. The number of benzene rings is 2. The van der Waals surface area contributed by atoms with E-state index in [1.54, 1.807) is 0 Å². The van der Waals surface area contributed by atoms with Crippen molar-refractivity contribution in [3.63, 3.8) is 0 Å². The second-order valence-corrected chi connectivity index (χ2v) is 6.57. The highest BCUT2D eigenvalue weighted by Crippen LogP contribution is 2.21. The van der Waals surface area contributed by atoms with Crippen LogP contribution in [0.2, 0.25) is 0 Å². The zero-order valence-electron chi connectivity index (χ0n) is 14.3. The van der Waals surface area contributed by atoms with E-state index in [9.17, 15) is 18.7 Å². The van der Waals surface area contributed by atoms with E-state index in [1.807, 2.05) is 12.1 Å². The van der Waals surface area contributed by atoms with Crippen LogP contribution in [0, 0.1) is 0 Å². The quantitative estimate of drug-likeness (QED) is 0.711. The van der Waals surface area contributed by atoms with Gasteiger partial charge < -0.3 is 15.7 Å². The van der Waals surface area contributed by atoms with E-state index in [4.69, 9.17) is 0 Å². The minimum absolute atomic E-state index is 0.0599. The van der Waals surface area contributed by atoms with Crippen molar-refractivity contribution in [3.8, 4) is 0 Å². The molecule has 2 aromatic carbocycles. The van der Waals surface area contributed by atoms with Gasteiger partial charge in [-0.1, -0.05) is 36.4 Å². The number of carbonyl (C=O) groups excluding carboxylic acids is 1. The summed E-state index contributed by atoms with van der Waals surface area (Å²) in [5, 5.41) is 16.0. The van der Waals surface area contributed by atoms with Gasteiger partial charge in [0.25, 0.3) is 12.3 Å². The second-order valence-electron chi connectivity index (χ2n) is 6.57. The molecule has 138 valence electrons. The van der Waals surface area contributed by atoms with E-state index in [0.29, 0.717) is 6.54 Å². The Morgan fingerprint density at radius 3 is 2.42 bits per heavy atom. The van der Waals surface area contributed by atoms with E-state index in [1.165, 1.54) is 35.4 Å². The summed E-state index contributed by atoms with van der Waals surface area (Å²) in [6.45, 7) is 0.417. The number of aliphatic hydroxyl groups excluding tert-OH is 1. The summed E-state index contributed by atoms with van der Waals surface area (Å²) >= 11 is 0. The van der Waals surface area contributed by atoms with Gasteiger partial charge in [0.15, 0.2) is 0 Å². The molecule has 2 aromatic rings. The lowest BCUT2D eigenvalue weighted by atomic mass is 10.1. The molecule has 0 fully saturated rings. The van der Waals surface area contributed by atoms with Crippen LogP contribution in [0.15, 0.2) is 48.5 Å². The average Bonchev–Trinajstić information content (AvgIpc) is 3.07. The van der Waals surface area contributed by atoms with Crippen LogP contribution in [0.25, 0.3) is 0 Å². The molecule has 1 aliphatic rings. The van der Waals surface area contributed by atoms with Gasteiger partial charge in [0.05, 0.1) is 6.10 Å². The largest absolute Gasteiger partial charge is 0.390 e. The fourth-order valence-corrected chi connectivity index (χ4v) is 3.21. The first-order chi connectivity index (χ1) is 12.5. The van der Waals surface area contributed by atoms with Gasteiger partial charge in [0.1, 0.15) is 0 Å². The van der Waals surface area contributed by atoms with Crippen molar-refractivity contribution in [2.24, 2.45) is 0 Å². The third kappa shape index (κ3) is 4.65. The molecule has 0 spiro atoms. The van der Waals surface area contributed by atoms with Gasteiger partial charge in [-0.3, -0.25) is 4.79 Å². The highest BCUT2D eigenvalue weighted by atomic mass is 19.3. The highest BCUT2D eigenvalue weighted by molar-refractivity contribution is 5.94. The van der Waals surface area contributed by atoms with Crippen LogP contribution in [0.1, 0.15) is 33.5 Å². The van der Waals surface area contributed by atoms with Crippen LogP contribution in [-0.2, 0) is 12.8 Å². The zero-order valence-corrected chi connectivity index (χ0v) is 14.3. The van der Waals surface area contributed by atoms with Gasteiger partial charge in [-0.25, -0.2) is 8.78 Å². The molecule has 1 aliphatic carbocycles. The minimum Gasteiger partial charge on any atom is -0.390 e. The molecule has 3 rings (SSSR count). The Bertz CT molecular complexity index is 742. The molecule has 0 heterocycles. The molecule has 0 bridgehead atoms. The number of fused-ring (bicyclic) bond motifs is 1. The van der Waals surface area contributed by atoms with Gasteiger partial charge in [-0.2, -0.15) is 0 Å². The van der Waals surface area contributed by atoms with E-state index in [2.05, 4.69) is 22.8 Å². The lowest BCUT2D eigenvalue weighted by Gasteiger charge is -2.17. The Hall–Kier alpha value is -2.31. The molecule has 0 aliphatic heterocycles. The molecular weight excluding hydrogens is 338 g/mol. The molecule has 4 nitrogen and oxygen atoms in total. The number of hydrogen-bond acceptors (Lipinski definition) is 3. The predicted octanol–water partition coefficient (Wildman–Crippen LogP) is 2.47. The van der Waals surface area contributed by atoms with E-state index >= 15 is 0 Å². The topological polar surface area (TPSA) is 61.4 Å². The van der Waals surface area contributed by atoms with E-state index in [-0.39, 0.29) is 23.7 Å². The summed E-state index contributed by atoms with van der Waals surface area (Å²) < 4.78 is 25.4. The van der Waals surface area contributed by atoms with Crippen LogP contribution in [0.4, 0.5) is 8.78 Å². The Labute approximate surface area is 151 Å². The van der Waals surface area contributed by atoms with Crippen molar-refractivity contribution in [2.75, 3.05) is 13.1 Å². The van der Waals surface area contributed by atoms with Crippen LogP contribution < -0.4 is 10.6 Å². The lowest BCUT2D eigenvalue weighted by Crippen LogP contribution is -2.41. The van der Waals surface area contributed by atoms with Gasteiger partial charge in [-0.05, 0) is 36.1 Å². The standard InChI is InChI=1S/C20H22F2N2O2/c21-19(22)15-6-3-7-16(8-15)20(26)24-12-18(25)11-23-17-9-13-4-1-2-5-14(13)10-17/h1-8,17-19,23,25H,9-12H2,(H,24,26)/t18-/m0/s1. The Morgan fingerprint density at radius 2 is 1.77 bits per heavy atom. The molecular formula is C20H22F2N2O2. The number of halogens is 2. The van der Waals surface area contributed by atoms with Crippen molar-refractivity contribution in [2.45, 2.75) is 31.4 Å². The molecule has 0 unspecified atom stereocenters. The number of amides is 1. The van der Waals surface area contributed by atoms with Gasteiger partial charge in [0, 0.05) is 30.3 Å². The Kier molecular flexibility index (Phi) is 5.96. The van der Waals surface area contributed by atoms with Gasteiger partial charge in [-0.15, -0.1) is 0 Å². The Balaban J connectivity index is 1.42. The van der Waals surface area contributed by atoms with Crippen molar-refractivity contribution in [1.29, 1.82) is 0 Å². The van der Waals surface area contributed by atoms with Gasteiger partial charge in [0.2, 0.25) is 0 Å². The highest BCUT2D eigenvalue weighted by Gasteiger charge is 2.21. The molecule has 0 saturated heterocycles. The number of carbonyl (C=O) groups is 1. The molecule has 26 heavy (non-hydrogen) atoms. The average molecular weight is 360 g/mol. The number of nitrogens with one attached hydrogen (secondary N) is 2. The third-order valence-corrected chi connectivity index (χ3v) is 4.59. The molecule has 0 radical (unpaired) electrons. The van der Waals surface area contributed by atoms with Gasteiger partial charge >= 0.3 is 0 Å². The van der Waals surface area contributed by atoms with Crippen LogP contribution >= 0.6 is 0 Å². The molecule has 3 N–H and O–H groups in total. The molecule has 1 amide bonds. The number of aliphatic hydroxyl groups is 1. The first kappa shape index (κ1) is 18.5. The second kappa shape index (κ2) is 8.38. The third-order valence-electron chi connectivity index (χ3n) is 4.59. The fourth-order valence-electron chi connectivity index (χ4n) is 3.21. The molecule has 0 aromatic heterocycles. The molecule has 6 heteroatoms. The lowest BCUT2D eigenvalue weighted by molar-refractivity contribution is 0.0913. The van der Waals surface area contributed by atoms with Crippen molar-refractivity contribution < 1.29 is 18.7 Å². The summed E-state index contributed by atoms with van der Waals surface area (Å²) in [6.07, 6.45) is -1.51. The number of alkyl halides is 2. The summed E-state index contributed by atoms with van der Waals surface area (Å²) in [5.74, 6) is -0.472. The zero-order chi connectivity index (χ0) is 18.5. The Morgan fingerprint density at radius 1 is 1.08 bits per heavy atom. The van der Waals surface area contributed by atoms with E-state index in [0.717, 1.165) is 12.8 Å². The fraction of sp³-hybridized carbons (Fsp3) is 0.350. The molecule has 0 saturated carbocycles. The minimum atomic E-state index is -2.62. The monoisotopic (exact) mass is 360 g/mol. The number of rotatable bonds is 7. The van der Waals surface area contributed by atoms with Crippen molar-refractivity contribution in [3.05, 3.63) is 70.8 Å². The number of hydrogen-bond donors (Lipinski definition) is 3. The van der Waals surface area contributed by atoms with Crippen molar-refractivity contribution >= 4 is 5.91 Å². The predicted molar refractivity (Wildman–Crippen MR) is 95.4 cm³/mol. The van der Waals surface area contributed by atoms with Crippen LogP contribution in [0.5, 0.6) is 0 Å². The molecule has 1 atom stereocenters. The SMILES string of the molecule is O=C(NC[C@@H](O)CNC1Cc2ccccc2C1)c1cccc(C(F)F)c1.